The van der Waals surface area contributed by atoms with Crippen molar-refractivity contribution in [2.24, 2.45) is 0 Å². The largest absolute Gasteiger partial charge is 0.505 e. The van der Waals surface area contributed by atoms with E-state index in [2.05, 4.69) is 37.5 Å². The average Bonchev–Trinajstić information content (AvgIpc) is 2.92. The fourth-order valence-corrected chi connectivity index (χ4v) is 2.54. The Morgan fingerprint density at radius 1 is 1.13 bits per heavy atom. The molecule has 118 valence electrons. The Hall–Kier alpha value is -2.62. The minimum atomic E-state index is -0.0368. The van der Waals surface area contributed by atoms with E-state index in [1.165, 1.54) is 4.80 Å². The van der Waals surface area contributed by atoms with Gasteiger partial charge in [-0.2, -0.15) is 0 Å². The molecule has 0 aliphatic carbocycles. The van der Waals surface area contributed by atoms with E-state index in [4.69, 9.17) is 0 Å². The number of rotatable bonds is 3. The molecule has 0 fully saturated rings. The first kappa shape index (κ1) is 15.3. The SMILES string of the molecule is C=CCc1cc(C(C)(C)C)cc(-n2nc3ccccc3n2)c1O. The molecule has 4 heteroatoms. The summed E-state index contributed by atoms with van der Waals surface area (Å²) in [6.45, 7) is 10.2. The molecule has 0 atom stereocenters. The molecule has 0 radical (unpaired) electrons. The van der Waals surface area contributed by atoms with Crippen LogP contribution < -0.4 is 0 Å². The van der Waals surface area contributed by atoms with Crippen LogP contribution in [0, 0.1) is 0 Å². The highest BCUT2D eigenvalue weighted by atomic mass is 16.3. The van der Waals surface area contributed by atoms with E-state index < -0.39 is 0 Å². The molecule has 1 aromatic heterocycles. The van der Waals surface area contributed by atoms with Crippen molar-refractivity contribution >= 4 is 11.0 Å². The maximum atomic E-state index is 10.6. The second-order valence-corrected chi connectivity index (χ2v) is 6.72. The summed E-state index contributed by atoms with van der Waals surface area (Å²) in [7, 11) is 0. The van der Waals surface area contributed by atoms with E-state index in [1.807, 2.05) is 36.4 Å². The lowest BCUT2D eigenvalue weighted by molar-refractivity contribution is 0.460. The van der Waals surface area contributed by atoms with Crippen molar-refractivity contribution in [3.8, 4) is 11.4 Å². The van der Waals surface area contributed by atoms with Gasteiger partial charge in [0.2, 0.25) is 0 Å². The first-order valence-electron chi connectivity index (χ1n) is 7.70. The van der Waals surface area contributed by atoms with Gasteiger partial charge in [-0.3, -0.25) is 0 Å². The molecule has 1 N–H and O–H groups in total. The Balaban J connectivity index is 2.24. The molecular formula is C19H21N3O. The number of fused-ring (bicyclic) bond motifs is 1. The van der Waals surface area contributed by atoms with Crippen LogP contribution in [0.3, 0.4) is 0 Å². The van der Waals surface area contributed by atoms with Gasteiger partial charge in [0, 0.05) is 5.56 Å². The molecule has 23 heavy (non-hydrogen) atoms. The van der Waals surface area contributed by atoms with Crippen molar-refractivity contribution in [3.05, 3.63) is 60.2 Å². The minimum Gasteiger partial charge on any atom is -0.505 e. The van der Waals surface area contributed by atoms with Crippen LogP contribution >= 0.6 is 0 Å². The molecule has 0 saturated heterocycles. The second-order valence-electron chi connectivity index (χ2n) is 6.72. The summed E-state index contributed by atoms with van der Waals surface area (Å²) in [6, 6.07) is 11.7. The zero-order chi connectivity index (χ0) is 16.6. The highest BCUT2D eigenvalue weighted by Gasteiger charge is 2.20. The van der Waals surface area contributed by atoms with Crippen LogP contribution in [0.2, 0.25) is 0 Å². The Labute approximate surface area is 136 Å². The van der Waals surface area contributed by atoms with Crippen LogP contribution in [-0.4, -0.2) is 20.1 Å². The fourth-order valence-electron chi connectivity index (χ4n) is 2.54. The Morgan fingerprint density at radius 3 is 2.26 bits per heavy atom. The van der Waals surface area contributed by atoms with Crippen LogP contribution in [-0.2, 0) is 11.8 Å². The van der Waals surface area contributed by atoms with Gasteiger partial charge in [0.1, 0.15) is 22.5 Å². The smallest absolute Gasteiger partial charge is 0.146 e. The van der Waals surface area contributed by atoms with Gasteiger partial charge < -0.3 is 5.11 Å². The maximum Gasteiger partial charge on any atom is 0.146 e. The van der Waals surface area contributed by atoms with Crippen LogP contribution in [0.5, 0.6) is 5.75 Å². The molecule has 0 unspecified atom stereocenters. The van der Waals surface area contributed by atoms with Crippen molar-refractivity contribution in [3.63, 3.8) is 0 Å². The van der Waals surface area contributed by atoms with Crippen LogP contribution in [0.15, 0.2) is 49.1 Å². The number of aromatic nitrogens is 3. The van der Waals surface area contributed by atoms with E-state index in [1.54, 1.807) is 6.08 Å². The molecule has 0 aliphatic heterocycles. The topological polar surface area (TPSA) is 50.9 Å². The molecule has 0 aliphatic rings. The average molecular weight is 307 g/mol. The van der Waals surface area contributed by atoms with Crippen LogP contribution in [0.4, 0.5) is 0 Å². The van der Waals surface area contributed by atoms with Gasteiger partial charge in [0.25, 0.3) is 0 Å². The third-order valence-corrected chi connectivity index (χ3v) is 3.90. The second kappa shape index (κ2) is 5.54. The van der Waals surface area contributed by atoms with Crippen molar-refractivity contribution in [1.82, 2.24) is 15.0 Å². The lowest BCUT2D eigenvalue weighted by Crippen LogP contribution is -2.13. The quantitative estimate of drug-likeness (QED) is 0.739. The standard InChI is InChI=1S/C19H21N3O/c1-5-8-13-11-14(19(2,3)4)12-17(18(13)23)22-20-15-9-6-7-10-16(15)21-22/h5-7,9-12,23H,1,8H2,2-4H3. The van der Waals surface area contributed by atoms with Gasteiger partial charge >= 0.3 is 0 Å². The van der Waals surface area contributed by atoms with Gasteiger partial charge in [0.05, 0.1) is 0 Å². The predicted octanol–water partition coefficient (Wildman–Crippen LogP) is 4.15. The number of phenols is 1. The van der Waals surface area contributed by atoms with Gasteiger partial charge in [-0.25, -0.2) is 0 Å². The molecule has 0 spiro atoms. The van der Waals surface area contributed by atoms with E-state index in [-0.39, 0.29) is 11.2 Å². The lowest BCUT2D eigenvalue weighted by Gasteiger charge is -2.22. The Kier molecular flexibility index (Phi) is 3.68. The van der Waals surface area contributed by atoms with E-state index in [9.17, 15) is 5.11 Å². The van der Waals surface area contributed by atoms with Gasteiger partial charge in [-0.15, -0.1) is 21.6 Å². The number of nitrogens with zero attached hydrogens (tertiary/aromatic N) is 3. The van der Waals surface area contributed by atoms with Gasteiger partial charge in [0.15, 0.2) is 0 Å². The normalized spacial score (nSPS) is 11.8. The van der Waals surface area contributed by atoms with E-state index >= 15 is 0 Å². The first-order chi connectivity index (χ1) is 10.9. The molecule has 1 heterocycles. The van der Waals surface area contributed by atoms with E-state index in [0.29, 0.717) is 12.1 Å². The van der Waals surface area contributed by atoms with E-state index in [0.717, 1.165) is 22.2 Å². The number of allylic oxidation sites excluding steroid dienone is 1. The summed E-state index contributed by atoms with van der Waals surface area (Å²) in [5.74, 6) is 0.207. The molecule has 0 bridgehead atoms. The summed E-state index contributed by atoms with van der Waals surface area (Å²) in [6.07, 6.45) is 2.39. The predicted molar refractivity (Wildman–Crippen MR) is 93.1 cm³/mol. The molecule has 3 aromatic rings. The zero-order valence-electron chi connectivity index (χ0n) is 13.7. The summed E-state index contributed by atoms with van der Waals surface area (Å²) >= 11 is 0. The molecule has 3 rings (SSSR count). The summed E-state index contributed by atoms with van der Waals surface area (Å²) in [5.41, 5.74) is 4.14. The summed E-state index contributed by atoms with van der Waals surface area (Å²) in [4.78, 5) is 1.52. The van der Waals surface area contributed by atoms with Crippen molar-refractivity contribution in [2.75, 3.05) is 0 Å². The molecular weight excluding hydrogens is 286 g/mol. The summed E-state index contributed by atoms with van der Waals surface area (Å²) in [5, 5.41) is 19.6. The van der Waals surface area contributed by atoms with Crippen molar-refractivity contribution in [1.29, 1.82) is 0 Å². The van der Waals surface area contributed by atoms with Gasteiger partial charge in [-0.05, 0) is 35.6 Å². The van der Waals surface area contributed by atoms with Crippen molar-refractivity contribution in [2.45, 2.75) is 32.6 Å². The maximum absolute atomic E-state index is 10.6. The highest BCUT2D eigenvalue weighted by molar-refractivity contribution is 5.73. The number of hydrogen-bond acceptors (Lipinski definition) is 3. The Morgan fingerprint density at radius 2 is 1.74 bits per heavy atom. The Bertz CT molecular complexity index is 839. The molecule has 0 amide bonds. The highest BCUT2D eigenvalue weighted by Crippen LogP contribution is 2.33. The third kappa shape index (κ3) is 2.84. The third-order valence-electron chi connectivity index (χ3n) is 3.90. The van der Waals surface area contributed by atoms with Crippen molar-refractivity contribution < 1.29 is 5.11 Å². The van der Waals surface area contributed by atoms with Crippen LogP contribution in [0.25, 0.3) is 16.7 Å². The minimum absolute atomic E-state index is 0.0368. The first-order valence-corrected chi connectivity index (χ1v) is 7.70. The number of aromatic hydroxyl groups is 1. The molecule has 4 nitrogen and oxygen atoms in total. The monoisotopic (exact) mass is 307 g/mol. The summed E-state index contributed by atoms with van der Waals surface area (Å²) < 4.78 is 0. The molecule has 0 saturated carbocycles. The zero-order valence-corrected chi connectivity index (χ0v) is 13.7. The lowest BCUT2D eigenvalue weighted by atomic mass is 9.85. The van der Waals surface area contributed by atoms with Gasteiger partial charge in [-0.1, -0.05) is 45.0 Å². The number of hydrogen-bond donors (Lipinski definition) is 1. The number of benzene rings is 2. The molecule has 2 aromatic carbocycles. The number of phenolic OH excluding ortho intramolecular Hbond substituents is 1. The van der Waals surface area contributed by atoms with Crippen LogP contribution in [0.1, 0.15) is 31.9 Å². The fraction of sp³-hybridized carbons (Fsp3) is 0.263.